The van der Waals surface area contributed by atoms with Crippen molar-refractivity contribution in [3.63, 3.8) is 0 Å². The summed E-state index contributed by atoms with van der Waals surface area (Å²) >= 11 is 0. The number of carbonyl (C=O) groups is 1. The fourth-order valence-electron chi connectivity index (χ4n) is 2.31. The first-order valence-electron chi connectivity index (χ1n) is 7.38. The van der Waals surface area contributed by atoms with Crippen molar-refractivity contribution in [2.75, 3.05) is 6.61 Å². The molecule has 1 atom stereocenters. The van der Waals surface area contributed by atoms with Crippen molar-refractivity contribution >= 4 is 11.6 Å². The van der Waals surface area contributed by atoms with Gasteiger partial charge in [0.1, 0.15) is 6.33 Å². The lowest BCUT2D eigenvalue weighted by Gasteiger charge is -2.16. The molecule has 0 aliphatic carbocycles. The molecule has 0 bridgehead atoms. The van der Waals surface area contributed by atoms with Crippen molar-refractivity contribution in [3.05, 3.63) is 60.0 Å². The van der Waals surface area contributed by atoms with Gasteiger partial charge < -0.3 is 10.4 Å². The molecule has 2 heterocycles. The highest BCUT2D eigenvalue weighted by atomic mass is 16.3. The van der Waals surface area contributed by atoms with Crippen LogP contribution in [0.15, 0.2) is 48.9 Å². The van der Waals surface area contributed by atoms with E-state index in [1.54, 1.807) is 6.07 Å². The topological polar surface area (TPSA) is 92.4 Å². The van der Waals surface area contributed by atoms with Gasteiger partial charge in [0.2, 0.25) is 0 Å². The molecular formula is C16H17N5O2. The number of aliphatic hydroxyl groups is 1. The zero-order chi connectivity index (χ0) is 16.1. The number of nitrogens with zero attached hydrogens (tertiary/aromatic N) is 4. The third-order valence-electron chi connectivity index (χ3n) is 3.60. The SMILES string of the molecule is O=C(N[C@@H](CO)CCc1ccccc1)c1cnn2cnnc2c1. The van der Waals surface area contributed by atoms with Gasteiger partial charge in [-0.25, -0.2) is 4.52 Å². The minimum absolute atomic E-state index is 0.112. The minimum Gasteiger partial charge on any atom is -0.394 e. The van der Waals surface area contributed by atoms with Gasteiger partial charge in [-0.3, -0.25) is 4.79 Å². The van der Waals surface area contributed by atoms with E-state index in [1.165, 1.54) is 22.6 Å². The number of benzene rings is 1. The highest BCUT2D eigenvalue weighted by Crippen LogP contribution is 2.07. The summed E-state index contributed by atoms with van der Waals surface area (Å²) in [6.45, 7) is -0.112. The maximum Gasteiger partial charge on any atom is 0.253 e. The Morgan fingerprint density at radius 1 is 1.30 bits per heavy atom. The summed E-state index contributed by atoms with van der Waals surface area (Å²) in [6.07, 6.45) is 4.37. The second-order valence-corrected chi connectivity index (χ2v) is 5.26. The average molecular weight is 311 g/mol. The number of aromatic nitrogens is 4. The second-order valence-electron chi connectivity index (χ2n) is 5.26. The van der Waals surface area contributed by atoms with Crippen molar-refractivity contribution in [2.45, 2.75) is 18.9 Å². The number of hydrogen-bond acceptors (Lipinski definition) is 5. The molecule has 23 heavy (non-hydrogen) atoms. The van der Waals surface area contributed by atoms with Crippen LogP contribution in [-0.2, 0) is 6.42 Å². The summed E-state index contributed by atoms with van der Waals surface area (Å²) in [7, 11) is 0. The summed E-state index contributed by atoms with van der Waals surface area (Å²) in [5.74, 6) is -0.282. The summed E-state index contributed by atoms with van der Waals surface area (Å²) < 4.78 is 1.48. The van der Waals surface area contributed by atoms with Crippen LogP contribution in [0.5, 0.6) is 0 Å². The summed E-state index contributed by atoms with van der Waals surface area (Å²) in [6, 6.07) is 11.3. The zero-order valence-corrected chi connectivity index (χ0v) is 12.5. The molecule has 0 aliphatic heterocycles. The molecule has 0 radical (unpaired) electrons. The van der Waals surface area contributed by atoms with E-state index in [-0.39, 0.29) is 18.6 Å². The predicted octanol–water partition coefficient (Wildman–Crippen LogP) is 0.848. The first kappa shape index (κ1) is 15.1. The van der Waals surface area contributed by atoms with Crippen molar-refractivity contribution < 1.29 is 9.90 Å². The van der Waals surface area contributed by atoms with Crippen LogP contribution in [0.1, 0.15) is 22.3 Å². The molecule has 7 nitrogen and oxygen atoms in total. The molecule has 1 amide bonds. The summed E-state index contributed by atoms with van der Waals surface area (Å²) in [5, 5.41) is 23.9. The quantitative estimate of drug-likeness (QED) is 0.704. The molecule has 0 saturated heterocycles. The number of nitrogens with one attached hydrogen (secondary N) is 1. The Morgan fingerprint density at radius 3 is 2.91 bits per heavy atom. The summed E-state index contributed by atoms with van der Waals surface area (Å²) in [5.41, 5.74) is 2.07. The lowest BCUT2D eigenvalue weighted by molar-refractivity contribution is 0.0913. The van der Waals surface area contributed by atoms with Crippen LogP contribution in [0, 0.1) is 0 Å². The minimum atomic E-state index is -0.309. The lowest BCUT2D eigenvalue weighted by Crippen LogP contribution is -2.38. The highest BCUT2D eigenvalue weighted by Gasteiger charge is 2.14. The van der Waals surface area contributed by atoms with E-state index in [0.717, 1.165) is 6.42 Å². The molecule has 0 saturated carbocycles. The van der Waals surface area contributed by atoms with Crippen molar-refractivity contribution in [2.24, 2.45) is 0 Å². The number of aliphatic hydroxyl groups excluding tert-OH is 1. The van der Waals surface area contributed by atoms with Gasteiger partial charge in [-0.05, 0) is 24.5 Å². The maximum absolute atomic E-state index is 12.3. The van der Waals surface area contributed by atoms with Gasteiger partial charge in [0.05, 0.1) is 24.4 Å². The fourth-order valence-corrected chi connectivity index (χ4v) is 2.31. The van der Waals surface area contributed by atoms with E-state index < -0.39 is 0 Å². The number of amides is 1. The van der Waals surface area contributed by atoms with Crippen molar-refractivity contribution in [1.82, 2.24) is 25.1 Å². The number of rotatable bonds is 6. The third-order valence-corrected chi connectivity index (χ3v) is 3.60. The molecule has 0 fully saturated rings. The van der Waals surface area contributed by atoms with Crippen LogP contribution >= 0.6 is 0 Å². The Bertz CT molecular complexity index is 787. The Labute approximate surface area is 133 Å². The van der Waals surface area contributed by atoms with E-state index in [2.05, 4.69) is 20.6 Å². The van der Waals surface area contributed by atoms with Crippen LogP contribution in [-0.4, -0.2) is 43.5 Å². The Kier molecular flexibility index (Phi) is 4.58. The normalized spacial score (nSPS) is 12.2. The predicted molar refractivity (Wildman–Crippen MR) is 83.9 cm³/mol. The van der Waals surface area contributed by atoms with Crippen LogP contribution < -0.4 is 5.32 Å². The maximum atomic E-state index is 12.3. The largest absolute Gasteiger partial charge is 0.394 e. The molecule has 3 aromatic rings. The number of carbonyl (C=O) groups excluding carboxylic acids is 1. The Balaban J connectivity index is 1.62. The molecule has 1 aromatic carbocycles. The van der Waals surface area contributed by atoms with Crippen molar-refractivity contribution in [1.29, 1.82) is 0 Å². The molecule has 0 aliphatic rings. The standard InChI is InChI=1S/C16H17N5O2/c22-10-14(7-6-12-4-2-1-3-5-12)19-16(23)13-8-15-20-17-11-21(15)18-9-13/h1-5,8-9,11,14,22H,6-7,10H2,(H,19,23)/t14-/m1/s1. The van der Waals surface area contributed by atoms with Crippen LogP contribution in [0.25, 0.3) is 5.65 Å². The van der Waals surface area contributed by atoms with Crippen molar-refractivity contribution in [3.8, 4) is 0 Å². The molecule has 2 aromatic heterocycles. The lowest BCUT2D eigenvalue weighted by atomic mass is 10.1. The van der Waals surface area contributed by atoms with E-state index in [4.69, 9.17) is 0 Å². The molecule has 0 spiro atoms. The number of fused-ring (bicyclic) bond motifs is 1. The van der Waals surface area contributed by atoms with Gasteiger partial charge in [-0.1, -0.05) is 30.3 Å². The number of hydrogen-bond donors (Lipinski definition) is 2. The molecule has 7 heteroatoms. The van der Waals surface area contributed by atoms with Gasteiger partial charge in [0, 0.05) is 0 Å². The molecule has 3 rings (SSSR count). The Hall–Kier alpha value is -2.80. The van der Waals surface area contributed by atoms with Gasteiger partial charge in [-0.2, -0.15) is 5.10 Å². The van der Waals surface area contributed by atoms with E-state index in [0.29, 0.717) is 17.6 Å². The fraction of sp³-hybridized carbons (Fsp3) is 0.250. The Morgan fingerprint density at radius 2 is 2.13 bits per heavy atom. The molecule has 2 N–H and O–H groups in total. The monoisotopic (exact) mass is 311 g/mol. The van der Waals surface area contributed by atoms with E-state index >= 15 is 0 Å². The second kappa shape index (κ2) is 6.97. The first-order chi connectivity index (χ1) is 11.3. The first-order valence-corrected chi connectivity index (χ1v) is 7.38. The average Bonchev–Trinajstić information content (AvgIpc) is 3.07. The van der Waals surface area contributed by atoms with Gasteiger partial charge in [-0.15, -0.1) is 10.2 Å². The molecule has 0 unspecified atom stereocenters. The van der Waals surface area contributed by atoms with Crippen LogP contribution in [0.2, 0.25) is 0 Å². The highest BCUT2D eigenvalue weighted by molar-refractivity contribution is 5.94. The smallest absolute Gasteiger partial charge is 0.253 e. The third kappa shape index (κ3) is 3.70. The molecule has 118 valence electrons. The number of aryl methyl sites for hydroxylation is 1. The van der Waals surface area contributed by atoms with E-state index in [9.17, 15) is 9.90 Å². The van der Waals surface area contributed by atoms with Gasteiger partial charge >= 0.3 is 0 Å². The van der Waals surface area contributed by atoms with Gasteiger partial charge in [0.25, 0.3) is 5.91 Å². The summed E-state index contributed by atoms with van der Waals surface area (Å²) in [4.78, 5) is 12.3. The van der Waals surface area contributed by atoms with Gasteiger partial charge in [0.15, 0.2) is 5.65 Å². The van der Waals surface area contributed by atoms with E-state index in [1.807, 2.05) is 30.3 Å². The zero-order valence-electron chi connectivity index (χ0n) is 12.5. The van der Waals surface area contributed by atoms with Crippen LogP contribution in [0.3, 0.4) is 0 Å². The van der Waals surface area contributed by atoms with Crippen LogP contribution in [0.4, 0.5) is 0 Å². The molecular weight excluding hydrogens is 294 g/mol.